The van der Waals surface area contributed by atoms with Crippen LogP contribution >= 0.6 is 11.3 Å². The van der Waals surface area contributed by atoms with E-state index < -0.39 is 0 Å². The summed E-state index contributed by atoms with van der Waals surface area (Å²) < 4.78 is 5.26. The normalized spacial score (nSPS) is 13.3. The predicted molar refractivity (Wildman–Crippen MR) is 88.3 cm³/mol. The molecule has 1 unspecified atom stereocenters. The summed E-state index contributed by atoms with van der Waals surface area (Å²) in [6.45, 7) is 13.9. The van der Waals surface area contributed by atoms with Crippen molar-refractivity contribution in [3.8, 4) is 0 Å². The third kappa shape index (κ3) is 6.35. The number of methoxy groups -OCH3 is 1. The van der Waals surface area contributed by atoms with Gasteiger partial charge in [-0.3, -0.25) is 4.90 Å². The van der Waals surface area contributed by atoms with Gasteiger partial charge in [0.2, 0.25) is 0 Å². The molecule has 1 aromatic rings. The van der Waals surface area contributed by atoms with Crippen molar-refractivity contribution in [2.45, 2.75) is 46.8 Å². The van der Waals surface area contributed by atoms with E-state index in [1.54, 1.807) is 7.11 Å². The fraction of sp³-hybridized carbons (Fsp3) is 0.750. The lowest BCUT2D eigenvalue weighted by atomic mass is 10.2. The zero-order chi connectivity index (χ0) is 15.0. The highest BCUT2D eigenvalue weighted by atomic mass is 32.1. The second-order valence-electron chi connectivity index (χ2n) is 5.76. The predicted octanol–water partition coefficient (Wildman–Crippen LogP) is 3.35. The van der Waals surface area contributed by atoms with Gasteiger partial charge in [0.25, 0.3) is 0 Å². The molecule has 1 N–H and O–H groups in total. The number of likely N-dealkylation sites (N-methyl/N-ethyl adjacent to an activating group) is 1. The molecular formula is C16H30N2OS. The largest absolute Gasteiger partial charge is 0.383 e. The molecule has 0 amide bonds. The average Bonchev–Trinajstić information content (AvgIpc) is 2.83. The molecular weight excluding hydrogens is 268 g/mol. The minimum Gasteiger partial charge on any atom is -0.383 e. The first-order chi connectivity index (χ1) is 9.56. The summed E-state index contributed by atoms with van der Waals surface area (Å²) in [6, 6.07) is 4.98. The molecule has 0 aliphatic carbocycles. The fourth-order valence-electron chi connectivity index (χ4n) is 2.21. The molecule has 1 heterocycles. The van der Waals surface area contributed by atoms with E-state index in [0.29, 0.717) is 12.0 Å². The van der Waals surface area contributed by atoms with Gasteiger partial charge in [0.1, 0.15) is 0 Å². The van der Waals surface area contributed by atoms with Crippen LogP contribution in [0.5, 0.6) is 0 Å². The number of hydrogen-bond acceptors (Lipinski definition) is 4. The van der Waals surface area contributed by atoms with E-state index in [1.165, 1.54) is 9.75 Å². The highest BCUT2D eigenvalue weighted by molar-refractivity contribution is 7.11. The Morgan fingerprint density at radius 2 is 1.95 bits per heavy atom. The van der Waals surface area contributed by atoms with Gasteiger partial charge in [-0.2, -0.15) is 0 Å². The standard InChI is InChI=1S/C16H30N2OS/c1-6-18(14(4)12-19-5)11-16-8-7-15(20-16)10-17-9-13(2)3/h7-8,13-14,17H,6,9-12H2,1-5H3. The fourth-order valence-corrected chi connectivity index (χ4v) is 3.23. The zero-order valence-corrected chi connectivity index (χ0v) is 14.4. The Balaban J connectivity index is 2.45. The van der Waals surface area contributed by atoms with Crippen LogP contribution < -0.4 is 5.32 Å². The summed E-state index contributed by atoms with van der Waals surface area (Å²) in [5.74, 6) is 0.708. The van der Waals surface area contributed by atoms with Crippen molar-refractivity contribution in [3.05, 3.63) is 21.9 Å². The molecule has 3 nitrogen and oxygen atoms in total. The van der Waals surface area contributed by atoms with E-state index in [1.807, 2.05) is 11.3 Å². The maximum atomic E-state index is 5.26. The lowest BCUT2D eigenvalue weighted by Crippen LogP contribution is -2.35. The molecule has 0 fully saturated rings. The van der Waals surface area contributed by atoms with Gasteiger partial charge in [0.05, 0.1) is 6.61 Å². The van der Waals surface area contributed by atoms with Gasteiger partial charge in [0, 0.05) is 36.0 Å². The van der Waals surface area contributed by atoms with Gasteiger partial charge in [-0.05, 0) is 38.1 Å². The van der Waals surface area contributed by atoms with Crippen LogP contribution in [0.2, 0.25) is 0 Å². The lowest BCUT2D eigenvalue weighted by molar-refractivity contribution is 0.0988. The van der Waals surface area contributed by atoms with Crippen LogP contribution in [-0.4, -0.2) is 37.7 Å². The molecule has 0 saturated carbocycles. The van der Waals surface area contributed by atoms with E-state index in [4.69, 9.17) is 4.74 Å². The third-order valence-corrected chi connectivity index (χ3v) is 4.44. The molecule has 4 heteroatoms. The minimum absolute atomic E-state index is 0.467. The quantitative estimate of drug-likeness (QED) is 0.717. The van der Waals surface area contributed by atoms with Crippen LogP contribution in [0.3, 0.4) is 0 Å². The second-order valence-corrected chi connectivity index (χ2v) is 7.01. The maximum absolute atomic E-state index is 5.26. The Labute approximate surface area is 128 Å². The van der Waals surface area contributed by atoms with Crippen LogP contribution in [0.1, 0.15) is 37.4 Å². The summed E-state index contributed by atoms with van der Waals surface area (Å²) in [5, 5.41) is 3.50. The summed E-state index contributed by atoms with van der Waals surface area (Å²) >= 11 is 1.92. The number of hydrogen-bond donors (Lipinski definition) is 1. The van der Waals surface area contributed by atoms with Crippen molar-refractivity contribution >= 4 is 11.3 Å². The smallest absolute Gasteiger partial charge is 0.0615 e. The number of ether oxygens (including phenoxy) is 1. The van der Waals surface area contributed by atoms with Gasteiger partial charge in [0.15, 0.2) is 0 Å². The molecule has 0 aliphatic heterocycles. The summed E-state index contributed by atoms with van der Waals surface area (Å²) in [5.41, 5.74) is 0. The molecule has 1 atom stereocenters. The van der Waals surface area contributed by atoms with Crippen LogP contribution in [-0.2, 0) is 17.8 Å². The summed E-state index contributed by atoms with van der Waals surface area (Å²) in [4.78, 5) is 5.33. The van der Waals surface area contributed by atoms with E-state index in [9.17, 15) is 0 Å². The van der Waals surface area contributed by atoms with Crippen LogP contribution in [0.25, 0.3) is 0 Å². The van der Waals surface area contributed by atoms with Gasteiger partial charge in [-0.1, -0.05) is 20.8 Å². The highest BCUT2D eigenvalue weighted by Gasteiger charge is 2.13. The molecule has 1 aromatic heterocycles. The zero-order valence-electron chi connectivity index (χ0n) is 13.6. The Bertz CT molecular complexity index is 365. The lowest BCUT2D eigenvalue weighted by Gasteiger charge is -2.26. The van der Waals surface area contributed by atoms with E-state index in [0.717, 1.165) is 32.8 Å². The van der Waals surface area contributed by atoms with Crippen molar-refractivity contribution in [1.82, 2.24) is 10.2 Å². The van der Waals surface area contributed by atoms with Crippen molar-refractivity contribution in [1.29, 1.82) is 0 Å². The molecule has 116 valence electrons. The first-order valence-corrected chi connectivity index (χ1v) is 8.39. The highest BCUT2D eigenvalue weighted by Crippen LogP contribution is 2.19. The van der Waals surface area contributed by atoms with Crippen molar-refractivity contribution in [3.63, 3.8) is 0 Å². The minimum atomic E-state index is 0.467. The Kier molecular flexibility index (Phi) is 8.38. The average molecular weight is 298 g/mol. The first-order valence-electron chi connectivity index (χ1n) is 7.58. The molecule has 0 saturated heterocycles. The number of nitrogens with one attached hydrogen (secondary N) is 1. The number of rotatable bonds is 10. The topological polar surface area (TPSA) is 24.5 Å². The van der Waals surface area contributed by atoms with Gasteiger partial charge >= 0.3 is 0 Å². The molecule has 0 radical (unpaired) electrons. The molecule has 0 aromatic carbocycles. The second kappa shape index (κ2) is 9.50. The van der Waals surface area contributed by atoms with Crippen LogP contribution in [0.4, 0.5) is 0 Å². The number of nitrogens with zero attached hydrogens (tertiary/aromatic N) is 1. The van der Waals surface area contributed by atoms with Crippen molar-refractivity contribution in [2.75, 3.05) is 26.8 Å². The first kappa shape index (κ1) is 17.6. The third-order valence-electron chi connectivity index (χ3n) is 3.37. The van der Waals surface area contributed by atoms with Gasteiger partial charge < -0.3 is 10.1 Å². The molecule has 0 aliphatic rings. The van der Waals surface area contributed by atoms with Gasteiger partial charge in [-0.25, -0.2) is 0 Å². The Morgan fingerprint density at radius 1 is 1.25 bits per heavy atom. The molecule has 0 bridgehead atoms. The summed E-state index contributed by atoms with van der Waals surface area (Å²) in [6.07, 6.45) is 0. The Hall–Kier alpha value is -0.420. The van der Waals surface area contributed by atoms with Crippen molar-refractivity contribution in [2.24, 2.45) is 5.92 Å². The van der Waals surface area contributed by atoms with Crippen molar-refractivity contribution < 1.29 is 4.74 Å². The van der Waals surface area contributed by atoms with E-state index in [-0.39, 0.29) is 0 Å². The monoisotopic (exact) mass is 298 g/mol. The Morgan fingerprint density at radius 3 is 2.55 bits per heavy atom. The summed E-state index contributed by atoms with van der Waals surface area (Å²) in [7, 11) is 1.77. The van der Waals surface area contributed by atoms with Crippen LogP contribution in [0.15, 0.2) is 12.1 Å². The van der Waals surface area contributed by atoms with Crippen LogP contribution in [0, 0.1) is 5.92 Å². The molecule has 0 spiro atoms. The molecule has 1 rings (SSSR count). The van der Waals surface area contributed by atoms with E-state index in [2.05, 4.69) is 50.0 Å². The molecule has 20 heavy (non-hydrogen) atoms. The maximum Gasteiger partial charge on any atom is 0.0615 e. The van der Waals surface area contributed by atoms with E-state index >= 15 is 0 Å². The number of thiophene rings is 1. The SMILES string of the molecule is CCN(Cc1ccc(CNCC(C)C)s1)C(C)COC. The van der Waals surface area contributed by atoms with Gasteiger partial charge in [-0.15, -0.1) is 11.3 Å².